The van der Waals surface area contributed by atoms with E-state index >= 15 is 0 Å². The highest BCUT2D eigenvalue weighted by molar-refractivity contribution is 7.77. The van der Waals surface area contributed by atoms with Crippen molar-refractivity contribution in [1.29, 1.82) is 0 Å². The molecule has 1 rings (SSSR count). The van der Waals surface area contributed by atoms with Gasteiger partial charge < -0.3 is 0 Å². The second-order valence-electron chi connectivity index (χ2n) is 2.52. The van der Waals surface area contributed by atoms with Gasteiger partial charge in [0.1, 0.15) is 0 Å². The van der Waals surface area contributed by atoms with Gasteiger partial charge in [0, 0.05) is 13.1 Å². The van der Waals surface area contributed by atoms with Crippen molar-refractivity contribution in [2.45, 2.75) is 6.42 Å². The second kappa shape index (κ2) is 3.73. The first-order valence-corrected chi connectivity index (χ1v) is 3.82. The molecule has 4 nitrogen and oxygen atoms in total. The summed E-state index contributed by atoms with van der Waals surface area (Å²) in [5.41, 5.74) is 0. The number of imide groups is 1. The number of nitrogens with one attached hydrogen (secondary N) is 1. The lowest BCUT2D eigenvalue weighted by Crippen LogP contribution is -2.30. The fourth-order valence-electron chi connectivity index (χ4n) is 1.13. The molecule has 1 fully saturated rings. The summed E-state index contributed by atoms with van der Waals surface area (Å²) in [6, 6.07) is 0. The molecule has 0 saturated carbocycles. The molecular weight excluding hydrogens is 164 g/mol. The summed E-state index contributed by atoms with van der Waals surface area (Å²) in [7, 11) is 0. The number of rotatable bonds is 2. The zero-order chi connectivity index (χ0) is 8.27. The quantitative estimate of drug-likeness (QED) is 0.435. The Balaban J connectivity index is 2.36. The van der Waals surface area contributed by atoms with Crippen molar-refractivity contribution in [2.24, 2.45) is 5.92 Å². The first-order valence-electron chi connectivity index (χ1n) is 3.42. The van der Waals surface area contributed by atoms with Crippen LogP contribution in [-0.2, 0) is 9.59 Å². The molecule has 0 aromatic carbocycles. The van der Waals surface area contributed by atoms with Crippen molar-refractivity contribution >= 4 is 25.1 Å². The van der Waals surface area contributed by atoms with Gasteiger partial charge in [0.25, 0.3) is 0 Å². The SMILES string of the molecule is O=CNC(=O)C1CCN(S)C1. The molecular formula is C6H10N2O2S. The van der Waals surface area contributed by atoms with Gasteiger partial charge in [-0.2, -0.15) is 0 Å². The predicted molar refractivity (Wildman–Crippen MR) is 42.9 cm³/mol. The summed E-state index contributed by atoms with van der Waals surface area (Å²) in [6.07, 6.45) is 1.20. The molecule has 1 atom stereocenters. The summed E-state index contributed by atoms with van der Waals surface area (Å²) in [4.78, 5) is 20.9. The first kappa shape index (κ1) is 8.55. The molecule has 1 heterocycles. The molecule has 2 amide bonds. The van der Waals surface area contributed by atoms with Crippen molar-refractivity contribution in [2.75, 3.05) is 13.1 Å². The number of hydrogen-bond donors (Lipinski definition) is 2. The van der Waals surface area contributed by atoms with Crippen LogP contribution in [0.2, 0.25) is 0 Å². The third-order valence-electron chi connectivity index (χ3n) is 1.74. The molecule has 0 spiro atoms. The van der Waals surface area contributed by atoms with Crippen molar-refractivity contribution in [3.63, 3.8) is 0 Å². The number of carbonyl (C=O) groups is 2. The normalized spacial score (nSPS) is 25.0. The average Bonchev–Trinajstić information content (AvgIpc) is 2.36. The zero-order valence-electron chi connectivity index (χ0n) is 5.99. The van der Waals surface area contributed by atoms with E-state index in [-0.39, 0.29) is 11.8 Å². The van der Waals surface area contributed by atoms with Crippen LogP contribution in [0.15, 0.2) is 0 Å². The van der Waals surface area contributed by atoms with Crippen LogP contribution in [0.25, 0.3) is 0 Å². The fraction of sp³-hybridized carbons (Fsp3) is 0.667. The molecule has 11 heavy (non-hydrogen) atoms. The van der Waals surface area contributed by atoms with Gasteiger partial charge in [0.15, 0.2) is 0 Å². The molecule has 0 aromatic rings. The van der Waals surface area contributed by atoms with Crippen molar-refractivity contribution in [1.82, 2.24) is 9.62 Å². The lowest BCUT2D eigenvalue weighted by Gasteiger charge is -2.06. The lowest BCUT2D eigenvalue weighted by atomic mass is 10.1. The van der Waals surface area contributed by atoms with Gasteiger partial charge >= 0.3 is 0 Å². The molecule has 62 valence electrons. The Morgan fingerprint density at radius 2 is 2.45 bits per heavy atom. The van der Waals surface area contributed by atoms with Crippen LogP contribution in [0, 0.1) is 5.92 Å². The molecule has 5 heteroatoms. The largest absolute Gasteiger partial charge is 0.299 e. The van der Waals surface area contributed by atoms with Gasteiger partial charge in [0.2, 0.25) is 12.3 Å². The van der Waals surface area contributed by atoms with E-state index in [1.54, 1.807) is 4.31 Å². The maximum Gasteiger partial charge on any atom is 0.230 e. The minimum Gasteiger partial charge on any atom is -0.299 e. The minimum absolute atomic E-state index is 0.0716. The third kappa shape index (κ3) is 2.20. The van der Waals surface area contributed by atoms with Gasteiger partial charge in [0.05, 0.1) is 5.92 Å². The molecule has 1 N–H and O–H groups in total. The predicted octanol–water partition coefficient (Wildman–Crippen LogP) is -0.574. The highest BCUT2D eigenvalue weighted by atomic mass is 32.1. The van der Waals surface area contributed by atoms with Crippen molar-refractivity contribution in [3.8, 4) is 0 Å². The van der Waals surface area contributed by atoms with Gasteiger partial charge in [-0.1, -0.05) is 12.8 Å². The minimum atomic E-state index is -0.198. The number of amides is 2. The third-order valence-corrected chi connectivity index (χ3v) is 2.10. The Hall–Kier alpha value is -0.550. The monoisotopic (exact) mass is 174 g/mol. The van der Waals surface area contributed by atoms with Gasteiger partial charge in [-0.3, -0.25) is 19.2 Å². The van der Waals surface area contributed by atoms with E-state index in [1.165, 1.54) is 0 Å². The maximum atomic E-state index is 11.0. The molecule has 0 aromatic heterocycles. The highest BCUT2D eigenvalue weighted by Gasteiger charge is 2.26. The molecule has 0 bridgehead atoms. The number of hydrogen-bond acceptors (Lipinski definition) is 4. The molecule has 1 aliphatic heterocycles. The van der Waals surface area contributed by atoms with Crippen molar-refractivity contribution < 1.29 is 9.59 Å². The lowest BCUT2D eigenvalue weighted by molar-refractivity contribution is -0.128. The van der Waals surface area contributed by atoms with Crippen LogP contribution in [0.4, 0.5) is 0 Å². The Bertz CT molecular complexity index is 174. The van der Waals surface area contributed by atoms with Gasteiger partial charge in [-0.05, 0) is 6.42 Å². The van der Waals surface area contributed by atoms with E-state index in [2.05, 4.69) is 18.1 Å². The molecule has 1 saturated heterocycles. The summed E-state index contributed by atoms with van der Waals surface area (Å²) < 4.78 is 1.77. The fourth-order valence-corrected chi connectivity index (χ4v) is 1.44. The number of carbonyl (C=O) groups excluding carboxylic acids is 2. The van der Waals surface area contributed by atoms with Gasteiger partial charge in [-0.25, -0.2) is 0 Å². The van der Waals surface area contributed by atoms with Crippen LogP contribution in [0.3, 0.4) is 0 Å². The topological polar surface area (TPSA) is 49.4 Å². The van der Waals surface area contributed by atoms with Gasteiger partial charge in [-0.15, -0.1) is 0 Å². The van der Waals surface area contributed by atoms with Crippen molar-refractivity contribution in [3.05, 3.63) is 0 Å². The molecule has 0 aliphatic carbocycles. The van der Waals surface area contributed by atoms with E-state index < -0.39 is 0 Å². The molecule has 1 unspecified atom stereocenters. The van der Waals surface area contributed by atoms with E-state index in [4.69, 9.17) is 0 Å². The maximum absolute atomic E-state index is 11.0. The van der Waals surface area contributed by atoms with Crippen LogP contribution in [0.1, 0.15) is 6.42 Å². The Morgan fingerprint density at radius 3 is 2.91 bits per heavy atom. The number of thiol groups is 1. The van der Waals surface area contributed by atoms with Crippen LogP contribution < -0.4 is 5.32 Å². The van der Waals surface area contributed by atoms with E-state index in [1.807, 2.05) is 0 Å². The Labute approximate surface area is 70.5 Å². The summed E-state index contributed by atoms with van der Waals surface area (Å²) in [6.45, 7) is 1.43. The molecule has 0 radical (unpaired) electrons. The summed E-state index contributed by atoms with van der Waals surface area (Å²) >= 11 is 4.08. The van der Waals surface area contributed by atoms with Crippen LogP contribution in [-0.4, -0.2) is 29.7 Å². The smallest absolute Gasteiger partial charge is 0.230 e. The zero-order valence-corrected chi connectivity index (χ0v) is 6.88. The van der Waals surface area contributed by atoms with E-state index in [0.717, 1.165) is 13.0 Å². The highest BCUT2D eigenvalue weighted by Crippen LogP contribution is 2.16. The second-order valence-corrected chi connectivity index (χ2v) is 3.09. The summed E-state index contributed by atoms with van der Waals surface area (Å²) in [5.74, 6) is -0.269. The summed E-state index contributed by atoms with van der Waals surface area (Å²) in [5, 5.41) is 2.13. The average molecular weight is 174 g/mol. The van der Waals surface area contributed by atoms with Crippen LogP contribution >= 0.6 is 12.8 Å². The van der Waals surface area contributed by atoms with E-state index in [0.29, 0.717) is 13.0 Å². The Morgan fingerprint density at radius 1 is 1.73 bits per heavy atom. The van der Waals surface area contributed by atoms with E-state index in [9.17, 15) is 9.59 Å². The standard InChI is InChI=1S/C6H10N2O2S/c9-4-7-6(10)5-1-2-8(11)3-5/h4-5,11H,1-3H2,(H,7,9,10). The number of nitrogens with zero attached hydrogens (tertiary/aromatic N) is 1. The van der Waals surface area contributed by atoms with Crippen LogP contribution in [0.5, 0.6) is 0 Å². The Kier molecular flexibility index (Phi) is 2.90. The molecule has 1 aliphatic rings. The first-order chi connectivity index (χ1) is 5.24.